The summed E-state index contributed by atoms with van der Waals surface area (Å²) in [5.74, 6) is 0.230. The molecule has 2 aliphatic heterocycles. The molecule has 33 heavy (non-hydrogen) atoms. The highest BCUT2D eigenvalue weighted by atomic mass is 19.4. The number of rotatable bonds is 4. The first kappa shape index (κ1) is 23.5. The SMILES string of the molecule is N[C@@H]1C=C[C@](CCC2CCN(C(=O)O)CC2)(C(=O)N2CCc3ncc(C(F)(F)F)cc3C2)C1. The fourth-order valence-corrected chi connectivity index (χ4v) is 5.26. The molecule has 3 N–H and O–H groups in total. The third-order valence-electron chi connectivity index (χ3n) is 7.23. The van der Waals surface area contributed by atoms with Gasteiger partial charge in [0.05, 0.1) is 11.0 Å². The van der Waals surface area contributed by atoms with Crippen LogP contribution in [0, 0.1) is 11.3 Å². The molecule has 0 bridgehead atoms. The normalized spacial score (nSPS) is 25.9. The summed E-state index contributed by atoms with van der Waals surface area (Å²) in [5.41, 5.74) is 5.58. The van der Waals surface area contributed by atoms with E-state index in [1.807, 2.05) is 12.2 Å². The molecule has 7 nitrogen and oxygen atoms in total. The molecule has 0 spiro atoms. The van der Waals surface area contributed by atoms with Gasteiger partial charge in [-0.1, -0.05) is 12.2 Å². The molecule has 0 unspecified atom stereocenters. The van der Waals surface area contributed by atoms with Gasteiger partial charge in [0.15, 0.2) is 0 Å². The topological polar surface area (TPSA) is 99.8 Å². The number of halogens is 3. The maximum atomic E-state index is 13.7. The Hall–Kier alpha value is -2.62. The third-order valence-corrected chi connectivity index (χ3v) is 7.23. The van der Waals surface area contributed by atoms with Gasteiger partial charge in [-0.3, -0.25) is 9.78 Å². The molecule has 3 heterocycles. The van der Waals surface area contributed by atoms with E-state index >= 15 is 0 Å². The second-order valence-corrected chi connectivity index (χ2v) is 9.44. The zero-order valence-corrected chi connectivity index (χ0v) is 18.4. The lowest BCUT2D eigenvalue weighted by molar-refractivity contribution is -0.141. The Morgan fingerprint density at radius 3 is 2.55 bits per heavy atom. The number of likely N-dealkylation sites (tertiary alicyclic amines) is 1. The van der Waals surface area contributed by atoms with Crippen LogP contribution in [0.25, 0.3) is 0 Å². The molecule has 0 saturated carbocycles. The fourth-order valence-electron chi connectivity index (χ4n) is 5.26. The molecule has 180 valence electrons. The quantitative estimate of drug-likeness (QED) is 0.663. The first-order valence-corrected chi connectivity index (χ1v) is 11.3. The van der Waals surface area contributed by atoms with Crippen LogP contribution >= 0.6 is 0 Å². The van der Waals surface area contributed by atoms with Gasteiger partial charge in [-0.05, 0) is 49.7 Å². The van der Waals surface area contributed by atoms with Crippen molar-refractivity contribution in [3.63, 3.8) is 0 Å². The molecule has 4 rings (SSSR count). The lowest BCUT2D eigenvalue weighted by atomic mass is 9.77. The van der Waals surface area contributed by atoms with Crippen LogP contribution in [0.4, 0.5) is 18.0 Å². The number of hydrogen-bond acceptors (Lipinski definition) is 4. The van der Waals surface area contributed by atoms with Crippen LogP contribution in [-0.4, -0.2) is 57.6 Å². The highest BCUT2D eigenvalue weighted by Gasteiger charge is 2.44. The maximum Gasteiger partial charge on any atom is 0.417 e. The summed E-state index contributed by atoms with van der Waals surface area (Å²) < 4.78 is 39.4. The van der Waals surface area contributed by atoms with E-state index in [4.69, 9.17) is 10.8 Å². The van der Waals surface area contributed by atoms with E-state index in [9.17, 15) is 22.8 Å². The lowest BCUT2D eigenvalue weighted by Crippen LogP contribution is -2.46. The summed E-state index contributed by atoms with van der Waals surface area (Å²) in [6.07, 6.45) is 2.97. The first-order valence-electron chi connectivity index (χ1n) is 11.3. The van der Waals surface area contributed by atoms with Crippen LogP contribution in [0.2, 0.25) is 0 Å². The third kappa shape index (κ3) is 5.00. The predicted octanol–water partition coefficient (Wildman–Crippen LogP) is 3.43. The molecule has 1 fully saturated rings. The molecule has 1 aromatic heterocycles. The standard InChI is InChI=1S/C23H29F3N4O3/c24-23(25,26)17-11-16-14-30(10-5-19(16)28-13-17)20(31)22(7-2-18(27)12-22)6-1-15-3-8-29(9-4-15)21(32)33/h2,7,11,13,15,18H,1,3-6,8-10,12,14,27H2,(H,32,33)/t18-,22+/m1/s1. The Morgan fingerprint density at radius 1 is 1.21 bits per heavy atom. The Labute approximate surface area is 190 Å². The van der Waals surface area contributed by atoms with Gasteiger partial charge >= 0.3 is 12.3 Å². The second kappa shape index (κ2) is 8.96. The van der Waals surface area contributed by atoms with Crippen molar-refractivity contribution in [1.82, 2.24) is 14.8 Å². The molecule has 3 aliphatic rings. The number of carbonyl (C=O) groups excluding carboxylic acids is 1. The van der Waals surface area contributed by atoms with Crippen LogP contribution in [-0.2, 0) is 23.9 Å². The van der Waals surface area contributed by atoms with Crippen molar-refractivity contribution < 1.29 is 27.9 Å². The molecule has 1 aromatic rings. The minimum absolute atomic E-state index is 0.0993. The Kier molecular flexibility index (Phi) is 6.39. The largest absolute Gasteiger partial charge is 0.465 e. The molecule has 0 aromatic carbocycles. The molecule has 2 atom stereocenters. The van der Waals surface area contributed by atoms with Gasteiger partial charge < -0.3 is 20.6 Å². The van der Waals surface area contributed by atoms with Gasteiger partial charge in [0.25, 0.3) is 0 Å². The molecular weight excluding hydrogens is 437 g/mol. The number of carboxylic acid groups (broad SMARTS) is 1. The zero-order chi connectivity index (χ0) is 23.8. The number of fused-ring (bicyclic) bond motifs is 1. The monoisotopic (exact) mass is 466 g/mol. The number of nitrogens with zero attached hydrogens (tertiary/aromatic N) is 3. The molecule has 0 radical (unpaired) electrons. The van der Waals surface area contributed by atoms with Crippen molar-refractivity contribution >= 4 is 12.0 Å². The number of piperidine rings is 1. The van der Waals surface area contributed by atoms with E-state index < -0.39 is 23.2 Å². The second-order valence-electron chi connectivity index (χ2n) is 9.44. The summed E-state index contributed by atoms with van der Waals surface area (Å²) in [4.78, 5) is 31.8. The number of carbonyl (C=O) groups is 2. The first-order chi connectivity index (χ1) is 15.6. The zero-order valence-electron chi connectivity index (χ0n) is 18.4. The number of pyridine rings is 1. The number of amides is 2. The smallest absolute Gasteiger partial charge is 0.417 e. The molecule has 1 saturated heterocycles. The Balaban J connectivity index is 1.45. The molecule has 10 heteroatoms. The highest BCUT2D eigenvalue weighted by molar-refractivity contribution is 5.85. The van der Waals surface area contributed by atoms with Crippen molar-refractivity contribution in [3.8, 4) is 0 Å². The van der Waals surface area contributed by atoms with Crippen molar-refractivity contribution in [2.45, 2.75) is 57.3 Å². The summed E-state index contributed by atoms with van der Waals surface area (Å²) in [6.45, 7) is 1.50. The number of alkyl halides is 3. The molecule has 2 amide bonds. The Bertz CT molecular complexity index is 943. The minimum atomic E-state index is -4.48. The summed E-state index contributed by atoms with van der Waals surface area (Å²) in [7, 11) is 0. The number of aromatic nitrogens is 1. The van der Waals surface area contributed by atoms with Crippen LogP contribution in [0.3, 0.4) is 0 Å². The van der Waals surface area contributed by atoms with E-state index in [1.54, 1.807) is 4.90 Å². The van der Waals surface area contributed by atoms with E-state index in [0.29, 0.717) is 56.1 Å². The van der Waals surface area contributed by atoms with Gasteiger partial charge in [-0.15, -0.1) is 0 Å². The van der Waals surface area contributed by atoms with Gasteiger partial charge in [0, 0.05) is 50.5 Å². The van der Waals surface area contributed by atoms with Crippen molar-refractivity contribution in [2.75, 3.05) is 19.6 Å². The van der Waals surface area contributed by atoms with Crippen LogP contribution in [0.5, 0.6) is 0 Å². The van der Waals surface area contributed by atoms with Crippen molar-refractivity contribution in [2.24, 2.45) is 17.1 Å². The average Bonchev–Trinajstić information content (AvgIpc) is 3.18. The van der Waals surface area contributed by atoms with Crippen LogP contribution in [0.1, 0.15) is 48.9 Å². The fraction of sp³-hybridized carbons (Fsp3) is 0.609. The van der Waals surface area contributed by atoms with Crippen molar-refractivity contribution in [3.05, 3.63) is 41.2 Å². The number of nitrogens with two attached hydrogens (primary N) is 1. The van der Waals surface area contributed by atoms with Gasteiger partial charge in [0.1, 0.15) is 0 Å². The summed E-state index contributed by atoms with van der Waals surface area (Å²) in [5, 5.41) is 9.13. The highest BCUT2D eigenvalue weighted by Crippen LogP contribution is 2.41. The van der Waals surface area contributed by atoms with E-state index in [1.165, 1.54) is 4.90 Å². The van der Waals surface area contributed by atoms with E-state index in [0.717, 1.165) is 31.5 Å². The Morgan fingerprint density at radius 2 is 1.94 bits per heavy atom. The van der Waals surface area contributed by atoms with Crippen LogP contribution < -0.4 is 5.73 Å². The predicted molar refractivity (Wildman–Crippen MR) is 114 cm³/mol. The summed E-state index contributed by atoms with van der Waals surface area (Å²) in [6, 6.07) is 0.861. The van der Waals surface area contributed by atoms with Crippen LogP contribution in [0.15, 0.2) is 24.4 Å². The van der Waals surface area contributed by atoms with E-state index in [-0.39, 0.29) is 18.5 Å². The summed E-state index contributed by atoms with van der Waals surface area (Å²) >= 11 is 0. The average molecular weight is 467 g/mol. The number of hydrogen-bond donors (Lipinski definition) is 2. The van der Waals surface area contributed by atoms with E-state index in [2.05, 4.69) is 4.98 Å². The van der Waals surface area contributed by atoms with Gasteiger partial charge in [-0.25, -0.2) is 4.79 Å². The minimum Gasteiger partial charge on any atom is -0.465 e. The molecular formula is C23H29F3N4O3. The molecule has 1 aliphatic carbocycles. The van der Waals surface area contributed by atoms with Gasteiger partial charge in [0.2, 0.25) is 5.91 Å². The maximum absolute atomic E-state index is 13.7. The van der Waals surface area contributed by atoms with Crippen molar-refractivity contribution in [1.29, 1.82) is 0 Å². The van der Waals surface area contributed by atoms with Gasteiger partial charge in [-0.2, -0.15) is 13.2 Å². The lowest BCUT2D eigenvalue weighted by Gasteiger charge is -2.38.